The van der Waals surface area contributed by atoms with Gasteiger partial charge >= 0.3 is 0 Å². The molecule has 0 saturated heterocycles. The second-order valence-corrected chi connectivity index (χ2v) is 5.36. The minimum Gasteiger partial charge on any atom is -0.224 e. The number of quaternary nitrogens is 1. The molecule has 16 heavy (non-hydrogen) atoms. The van der Waals surface area contributed by atoms with E-state index in [9.17, 15) is 8.42 Å². The molecule has 0 saturated carbocycles. The van der Waals surface area contributed by atoms with Crippen LogP contribution in [0, 0.1) is 7.05 Å². The van der Waals surface area contributed by atoms with Gasteiger partial charge in [-0.1, -0.05) is 17.3 Å². The highest BCUT2D eigenvalue weighted by atomic mass is 32.2. The van der Waals surface area contributed by atoms with Crippen LogP contribution in [0.1, 0.15) is 5.56 Å². The number of hydrogen-bond donors (Lipinski definition) is 1. The predicted octanol–water partition coefficient (Wildman–Crippen LogP) is -0.191. The molecule has 2 rings (SSSR count). The van der Waals surface area contributed by atoms with Crippen LogP contribution in [0.4, 0.5) is 0 Å². The Labute approximate surface area is 93.2 Å². The Hall–Kier alpha value is -1.60. The molecule has 1 N–H and O–H groups in total. The summed E-state index contributed by atoms with van der Waals surface area (Å²) in [5.41, 5.74) is 0.717. The standard InChI is InChI=1S/C9H10N4O2S/c1-13-11-9(10-12-13)7-3-5-8(6-4-7)16(2,14)15/h3-6,13H,1H2,2H3. The van der Waals surface area contributed by atoms with Crippen LogP contribution in [0.5, 0.6) is 0 Å². The van der Waals surface area contributed by atoms with Crippen molar-refractivity contribution in [3.63, 3.8) is 0 Å². The van der Waals surface area contributed by atoms with Crippen LogP contribution in [-0.2, 0) is 9.84 Å². The number of hydrogen-bond acceptors (Lipinski definition) is 5. The topological polar surface area (TPSA) is 75.7 Å². The average molecular weight is 238 g/mol. The van der Waals surface area contributed by atoms with Gasteiger partial charge in [-0.15, -0.1) is 0 Å². The number of amidine groups is 1. The van der Waals surface area contributed by atoms with Crippen LogP contribution in [0.2, 0.25) is 0 Å². The fourth-order valence-electron chi connectivity index (χ4n) is 1.25. The van der Waals surface area contributed by atoms with Gasteiger partial charge < -0.3 is 0 Å². The lowest BCUT2D eigenvalue weighted by Gasteiger charge is -1.99. The molecule has 0 aromatic heterocycles. The molecule has 1 aromatic rings. The van der Waals surface area contributed by atoms with Gasteiger partial charge in [-0.05, 0) is 24.3 Å². The van der Waals surface area contributed by atoms with Crippen molar-refractivity contribution in [3.8, 4) is 0 Å². The lowest BCUT2D eigenvalue weighted by atomic mass is 10.2. The molecule has 0 amide bonds. The summed E-state index contributed by atoms with van der Waals surface area (Å²) >= 11 is 0. The second kappa shape index (κ2) is 3.76. The van der Waals surface area contributed by atoms with E-state index < -0.39 is 9.84 Å². The summed E-state index contributed by atoms with van der Waals surface area (Å²) in [5.74, 6) is 0.449. The zero-order valence-corrected chi connectivity index (χ0v) is 9.40. The van der Waals surface area contributed by atoms with E-state index in [1.165, 1.54) is 12.1 Å². The summed E-state index contributed by atoms with van der Waals surface area (Å²) in [6.45, 7) is 0. The minimum atomic E-state index is -3.17. The monoisotopic (exact) mass is 238 g/mol. The zero-order valence-electron chi connectivity index (χ0n) is 8.58. The molecule has 6 nitrogen and oxygen atoms in total. The highest BCUT2D eigenvalue weighted by Crippen LogP contribution is 2.11. The smallest absolute Gasteiger partial charge is 0.224 e. The van der Waals surface area contributed by atoms with Crippen LogP contribution in [0.3, 0.4) is 0 Å². The Morgan fingerprint density at radius 3 is 2.31 bits per heavy atom. The molecular formula is C9H10N4O2S. The molecule has 84 valence electrons. The van der Waals surface area contributed by atoms with Crippen molar-refractivity contribution in [2.24, 2.45) is 15.4 Å². The molecular weight excluding hydrogens is 228 g/mol. The third-order valence-corrected chi connectivity index (χ3v) is 3.16. The molecule has 0 bridgehead atoms. The van der Waals surface area contributed by atoms with E-state index in [1.807, 2.05) is 0 Å². The van der Waals surface area contributed by atoms with Crippen molar-refractivity contribution in [2.75, 3.05) is 6.26 Å². The van der Waals surface area contributed by atoms with Crippen molar-refractivity contribution in [2.45, 2.75) is 4.90 Å². The van der Waals surface area contributed by atoms with E-state index in [0.717, 1.165) is 11.8 Å². The van der Waals surface area contributed by atoms with E-state index in [0.29, 0.717) is 11.0 Å². The van der Waals surface area contributed by atoms with Gasteiger partial charge in [0.2, 0.25) is 5.84 Å². The lowest BCUT2D eigenvalue weighted by molar-refractivity contribution is -0.868. The first kappa shape index (κ1) is 10.9. The SMILES string of the molecule is [CH2-][NH+]1N=NC(c2ccc(S(C)(=O)=O)cc2)=N1. The van der Waals surface area contributed by atoms with Gasteiger partial charge in [-0.2, -0.15) is 5.12 Å². The Morgan fingerprint density at radius 2 is 1.88 bits per heavy atom. The van der Waals surface area contributed by atoms with Crippen molar-refractivity contribution in [1.82, 2.24) is 0 Å². The molecule has 0 radical (unpaired) electrons. The van der Waals surface area contributed by atoms with Crippen molar-refractivity contribution < 1.29 is 13.5 Å². The van der Waals surface area contributed by atoms with Crippen LogP contribution in [0.15, 0.2) is 44.6 Å². The molecule has 1 heterocycles. The number of nitrogens with one attached hydrogen (secondary N) is 1. The first-order chi connectivity index (χ1) is 7.47. The quantitative estimate of drug-likeness (QED) is 0.725. The molecule has 1 unspecified atom stereocenters. The molecule has 7 heteroatoms. The summed E-state index contributed by atoms with van der Waals surface area (Å²) in [4.78, 5) is 0.269. The fourth-order valence-corrected chi connectivity index (χ4v) is 1.88. The molecule has 1 aliphatic rings. The number of sulfone groups is 1. The van der Waals surface area contributed by atoms with Crippen molar-refractivity contribution in [3.05, 3.63) is 36.9 Å². The van der Waals surface area contributed by atoms with E-state index in [-0.39, 0.29) is 4.90 Å². The van der Waals surface area contributed by atoms with E-state index in [4.69, 9.17) is 0 Å². The lowest BCUT2D eigenvalue weighted by Crippen LogP contribution is -2.95. The molecule has 0 spiro atoms. The summed E-state index contributed by atoms with van der Waals surface area (Å²) in [6, 6.07) is 6.33. The Kier molecular flexibility index (Phi) is 2.56. The molecule has 0 aliphatic carbocycles. The van der Waals surface area contributed by atoms with Crippen molar-refractivity contribution >= 4 is 15.7 Å². The Bertz CT molecular complexity index is 560. The average Bonchev–Trinajstić information content (AvgIpc) is 2.64. The third kappa shape index (κ3) is 2.15. The first-order valence-electron chi connectivity index (χ1n) is 4.47. The van der Waals surface area contributed by atoms with Crippen LogP contribution in [-0.4, -0.2) is 20.5 Å². The molecule has 1 aromatic carbocycles. The van der Waals surface area contributed by atoms with Crippen LogP contribution >= 0.6 is 0 Å². The third-order valence-electron chi connectivity index (χ3n) is 2.04. The first-order valence-corrected chi connectivity index (χ1v) is 6.36. The Balaban J connectivity index is 2.34. The summed E-state index contributed by atoms with van der Waals surface area (Å²) in [5, 5.41) is 11.8. The summed E-state index contributed by atoms with van der Waals surface area (Å²) < 4.78 is 22.5. The molecule has 1 aliphatic heterocycles. The van der Waals surface area contributed by atoms with E-state index in [2.05, 4.69) is 22.5 Å². The van der Waals surface area contributed by atoms with Crippen molar-refractivity contribution in [1.29, 1.82) is 0 Å². The zero-order chi connectivity index (χ0) is 11.8. The van der Waals surface area contributed by atoms with E-state index >= 15 is 0 Å². The molecule has 0 fully saturated rings. The predicted molar refractivity (Wildman–Crippen MR) is 57.3 cm³/mol. The van der Waals surface area contributed by atoms with Gasteiger partial charge in [0.05, 0.1) is 4.90 Å². The molecule has 1 atom stereocenters. The number of rotatable bonds is 2. The second-order valence-electron chi connectivity index (χ2n) is 3.35. The number of nitrogens with zero attached hydrogens (tertiary/aromatic N) is 3. The highest BCUT2D eigenvalue weighted by Gasteiger charge is 2.13. The summed E-state index contributed by atoms with van der Waals surface area (Å²) in [7, 11) is 0.378. The summed E-state index contributed by atoms with van der Waals surface area (Å²) in [6.07, 6.45) is 1.16. The number of benzene rings is 1. The maximum Gasteiger partial charge on any atom is 0.241 e. The minimum absolute atomic E-state index is 0.269. The van der Waals surface area contributed by atoms with Gasteiger partial charge in [0.15, 0.2) is 9.84 Å². The highest BCUT2D eigenvalue weighted by molar-refractivity contribution is 7.90. The van der Waals surface area contributed by atoms with Gasteiger partial charge in [0.1, 0.15) is 0 Å². The Morgan fingerprint density at radius 1 is 1.25 bits per heavy atom. The van der Waals surface area contributed by atoms with Gasteiger partial charge in [0.25, 0.3) is 0 Å². The fraction of sp³-hybridized carbons (Fsp3) is 0.111. The van der Waals surface area contributed by atoms with Gasteiger partial charge in [0, 0.05) is 17.0 Å². The van der Waals surface area contributed by atoms with E-state index in [1.54, 1.807) is 12.1 Å². The van der Waals surface area contributed by atoms with Gasteiger partial charge in [-0.3, -0.25) is 0 Å². The van der Waals surface area contributed by atoms with Crippen LogP contribution in [0.25, 0.3) is 0 Å². The maximum atomic E-state index is 11.2. The largest absolute Gasteiger partial charge is 0.241 e. The maximum absolute atomic E-state index is 11.2. The van der Waals surface area contributed by atoms with Crippen LogP contribution < -0.4 is 5.12 Å². The normalized spacial score (nSPS) is 19.9. The van der Waals surface area contributed by atoms with Gasteiger partial charge in [-0.25, -0.2) is 8.42 Å².